The average molecular weight is 344 g/mol. The molecule has 0 radical (unpaired) electrons. The molecule has 2 amide bonds. The predicted molar refractivity (Wildman–Crippen MR) is 77.7 cm³/mol. The van der Waals surface area contributed by atoms with Crippen molar-refractivity contribution in [2.75, 3.05) is 0 Å². The van der Waals surface area contributed by atoms with Gasteiger partial charge in [-0.05, 0) is 12.5 Å². The van der Waals surface area contributed by atoms with Crippen LogP contribution >= 0.6 is 0 Å². The number of carboxylic acid groups (broad SMARTS) is 1. The summed E-state index contributed by atoms with van der Waals surface area (Å²) in [6, 6.07) is 6.45. The third-order valence-corrected chi connectivity index (χ3v) is 2.94. The third-order valence-electron chi connectivity index (χ3n) is 2.94. The number of carbonyl (C=O) groups is 3. The van der Waals surface area contributed by atoms with Crippen LogP contribution in [0.25, 0.3) is 0 Å². The van der Waals surface area contributed by atoms with Gasteiger partial charge in [0.25, 0.3) is 0 Å². The molecule has 0 aromatic heterocycles. The summed E-state index contributed by atoms with van der Waals surface area (Å²) in [6.07, 6.45) is -4.32. The number of hydrogen-bond donors (Lipinski definition) is 3. The van der Waals surface area contributed by atoms with Crippen LogP contribution in [0.15, 0.2) is 42.1 Å². The van der Waals surface area contributed by atoms with Gasteiger partial charge in [0.05, 0.1) is 0 Å². The van der Waals surface area contributed by atoms with E-state index in [1.165, 1.54) is 6.92 Å². The second-order valence-electron chi connectivity index (χ2n) is 4.71. The summed E-state index contributed by atoms with van der Waals surface area (Å²) < 4.78 is 37.3. The molecule has 1 aromatic rings. The minimum absolute atomic E-state index is 0.231. The van der Waals surface area contributed by atoms with Gasteiger partial charge in [-0.1, -0.05) is 36.4 Å². The van der Waals surface area contributed by atoms with Crippen molar-refractivity contribution in [3.63, 3.8) is 0 Å². The van der Waals surface area contributed by atoms with Crippen molar-refractivity contribution in [2.24, 2.45) is 0 Å². The summed E-state index contributed by atoms with van der Waals surface area (Å²) in [5.74, 6) is -4.80. The highest BCUT2D eigenvalue weighted by atomic mass is 19.4. The van der Waals surface area contributed by atoms with Crippen molar-refractivity contribution in [3.05, 3.63) is 47.7 Å². The van der Waals surface area contributed by atoms with E-state index in [0.29, 0.717) is 5.56 Å². The molecule has 1 rings (SSSR count). The lowest BCUT2D eigenvalue weighted by molar-refractivity contribution is -0.174. The Kier molecular flexibility index (Phi) is 6.51. The number of carboxylic acids is 1. The van der Waals surface area contributed by atoms with Crippen LogP contribution < -0.4 is 10.6 Å². The first kappa shape index (κ1) is 19.2. The Morgan fingerprint density at radius 1 is 1.21 bits per heavy atom. The molecule has 0 aliphatic heterocycles. The second-order valence-corrected chi connectivity index (χ2v) is 4.71. The van der Waals surface area contributed by atoms with Crippen LogP contribution in [0, 0.1) is 0 Å². The fraction of sp³-hybridized carbons (Fsp3) is 0.267. The largest absolute Gasteiger partial charge is 0.477 e. The number of benzene rings is 1. The molecule has 1 atom stereocenters. The fourth-order valence-corrected chi connectivity index (χ4v) is 1.77. The number of aliphatic carboxylic acids is 1. The van der Waals surface area contributed by atoms with E-state index < -0.39 is 35.7 Å². The van der Waals surface area contributed by atoms with Crippen LogP contribution in [0.4, 0.5) is 13.2 Å². The van der Waals surface area contributed by atoms with Gasteiger partial charge < -0.3 is 15.7 Å². The van der Waals surface area contributed by atoms with Gasteiger partial charge in [0.1, 0.15) is 11.7 Å². The van der Waals surface area contributed by atoms with E-state index in [2.05, 4.69) is 0 Å². The summed E-state index contributed by atoms with van der Waals surface area (Å²) in [6.45, 7) is 1.34. The smallest absolute Gasteiger partial charge is 0.471 e. The Bertz CT molecular complexity index is 642. The van der Waals surface area contributed by atoms with Crippen LogP contribution in [-0.4, -0.2) is 35.1 Å². The summed E-state index contributed by atoms with van der Waals surface area (Å²) in [5, 5.41) is 12.4. The Hall–Kier alpha value is -2.84. The number of hydrogen-bond acceptors (Lipinski definition) is 3. The van der Waals surface area contributed by atoms with Crippen molar-refractivity contribution < 1.29 is 32.7 Å². The molecule has 9 heteroatoms. The van der Waals surface area contributed by atoms with Crippen LogP contribution in [0.2, 0.25) is 0 Å². The first-order valence-corrected chi connectivity index (χ1v) is 6.77. The Labute approximate surface area is 135 Å². The van der Waals surface area contributed by atoms with Gasteiger partial charge in [0, 0.05) is 6.42 Å². The summed E-state index contributed by atoms with van der Waals surface area (Å²) in [7, 11) is 0. The SMILES string of the molecule is C/C=C(\NC(=O)[C@H](Cc1ccccc1)NC(=O)C(F)(F)F)C(=O)O. The standard InChI is InChI=1S/C15H15F3N2O4/c1-2-10(13(22)23)19-12(21)11(20-14(24)15(16,17)18)8-9-6-4-3-5-7-9/h2-7,11H,8H2,1H3,(H,19,21)(H,20,24)(H,22,23)/b10-2-/t11-/m0/s1. The summed E-state index contributed by atoms with van der Waals surface area (Å²) >= 11 is 0. The normalized spacial score (nSPS) is 13.1. The van der Waals surface area contributed by atoms with Gasteiger partial charge in [-0.2, -0.15) is 13.2 Å². The van der Waals surface area contributed by atoms with Crippen molar-refractivity contribution >= 4 is 17.8 Å². The highest BCUT2D eigenvalue weighted by Gasteiger charge is 2.41. The van der Waals surface area contributed by atoms with Crippen molar-refractivity contribution in [1.82, 2.24) is 10.6 Å². The van der Waals surface area contributed by atoms with E-state index in [1.807, 2.05) is 5.32 Å². The predicted octanol–water partition coefficient (Wildman–Crippen LogP) is 1.38. The Balaban J connectivity index is 2.97. The molecule has 0 bridgehead atoms. The van der Waals surface area contributed by atoms with Gasteiger partial charge in [0.2, 0.25) is 5.91 Å². The van der Waals surface area contributed by atoms with Crippen LogP contribution in [0.3, 0.4) is 0 Å². The Morgan fingerprint density at radius 3 is 2.25 bits per heavy atom. The lowest BCUT2D eigenvalue weighted by Gasteiger charge is -2.19. The summed E-state index contributed by atoms with van der Waals surface area (Å²) in [5.41, 5.74) is -0.00297. The minimum atomic E-state index is -5.16. The zero-order valence-electron chi connectivity index (χ0n) is 12.6. The van der Waals surface area contributed by atoms with E-state index in [0.717, 1.165) is 6.08 Å². The van der Waals surface area contributed by atoms with E-state index in [1.54, 1.807) is 35.6 Å². The van der Waals surface area contributed by atoms with Gasteiger partial charge in [-0.25, -0.2) is 4.79 Å². The monoisotopic (exact) mass is 344 g/mol. The van der Waals surface area contributed by atoms with E-state index in [9.17, 15) is 27.6 Å². The summed E-state index contributed by atoms with van der Waals surface area (Å²) in [4.78, 5) is 34.1. The second kappa shape index (κ2) is 8.14. The zero-order valence-corrected chi connectivity index (χ0v) is 12.6. The minimum Gasteiger partial charge on any atom is -0.477 e. The molecule has 0 heterocycles. The maximum atomic E-state index is 12.4. The molecule has 3 N–H and O–H groups in total. The van der Waals surface area contributed by atoms with E-state index >= 15 is 0 Å². The first-order valence-electron chi connectivity index (χ1n) is 6.77. The number of rotatable bonds is 6. The number of allylic oxidation sites excluding steroid dienone is 1. The molecular formula is C15H15F3N2O4. The maximum absolute atomic E-state index is 12.4. The molecule has 0 saturated heterocycles. The van der Waals surface area contributed by atoms with Crippen LogP contribution in [0.1, 0.15) is 12.5 Å². The first-order chi connectivity index (χ1) is 11.1. The van der Waals surface area contributed by atoms with Crippen molar-refractivity contribution in [3.8, 4) is 0 Å². The van der Waals surface area contributed by atoms with Gasteiger partial charge in [-0.15, -0.1) is 0 Å². The van der Waals surface area contributed by atoms with Gasteiger partial charge in [0.15, 0.2) is 0 Å². The number of nitrogens with one attached hydrogen (secondary N) is 2. The molecule has 0 aliphatic rings. The third kappa shape index (κ3) is 5.75. The molecule has 0 saturated carbocycles. The number of halogens is 3. The molecule has 24 heavy (non-hydrogen) atoms. The van der Waals surface area contributed by atoms with Crippen molar-refractivity contribution in [2.45, 2.75) is 25.6 Å². The highest BCUT2D eigenvalue weighted by molar-refractivity contribution is 5.96. The maximum Gasteiger partial charge on any atom is 0.471 e. The quantitative estimate of drug-likeness (QED) is 0.680. The highest BCUT2D eigenvalue weighted by Crippen LogP contribution is 2.15. The fourth-order valence-electron chi connectivity index (χ4n) is 1.77. The molecular weight excluding hydrogens is 329 g/mol. The van der Waals surface area contributed by atoms with E-state index in [-0.39, 0.29) is 6.42 Å². The molecule has 1 aromatic carbocycles. The number of carbonyl (C=O) groups excluding carboxylic acids is 2. The lowest BCUT2D eigenvalue weighted by atomic mass is 10.0. The van der Waals surface area contributed by atoms with Crippen LogP contribution in [0.5, 0.6) is 0 Å². The zero-order chi connectivity index (χ0) is 18.3. The molecule has 0 aliphatic carbocycles. The molecule has 0 spiro atoms. The molecule has 6 nitrogen and oxygen atoms in total. The number of amides is 2. The average Bonchev–Trinajstić information content (AvgIpc) is 2.51. The Morgan fingerprint density at radius 2 is 1.79 bits per heavy atom. The van der Waals surface area contributed by atoms with E-state index in [4.69, 9.17) is 5.11 Å². The number of alkyl halides is 3. The van der Waals surface area contributed by atoms with Gasteiger partial charge >= 0.3 is 18.1 Å². The van der Waals surface area contributed by atoms with Crippen molar-refractivity contribution in [1.29, 1.82) is 0 Å². The topological polar surface area (TPSA) is 95.5 Å². The lowest BCUT2D eigenvalue weighted by Crippen LogP contribution is -2.51. The molecule has 0 fully saturated rings. The van der Waals surface area contributed by atoms with Gasteiger partial charge in [-0.3, -0.25) is 9.59 Å². The molecule has 0 unspecified atom stereocenters. The molecule has 130 valence electrons. The van der Waals surface area contributed by atoms with Crippen LogP contribution in [-0.2, 0) is 20.8 Å².